The summed E-state index contributed by atoms with van der Waals surface area (Å²) < 4.78 is 10.5. The van der Waals surface area contributed by atoms with Gasteiger partial charge in [-0.3, -0.25) is 14.6 Å². The van der Waals surface area contributed by atoms with Gasteiger partial charge in [-0.1, -0.05) is 12.5 Å². The number of carbonyl (C=O) groups excluding carboxylic acids is 2. The van der Waals surface area contributed by atoms with Crippen LogP contribution in [0, 0.1) is 0 Å². The molecule has 148 valence electrons. The zero-order chi connectivity index (χ0) is 20.0. The van der Waals surface area contributed by atoms with E-state index < -0.39 is 5.54 Å². The molecule has 1 fully saturated rings. The maximum Gasteiger partial charge on any atom is 0.250 e. The van der Waals surface area contributed by atoms with E-state index in [0.29, 0.717) is 36.4 Å². The number of nitrogens with one attached hydrogen (secondary N) is 2. The Kier molecular flexibility index (Phi) is 6.13. The lowest BCUT2D eigenvalue weighted by Gasteiger charge is -2.32. The lowest BCUT2D eigenvalue weighted by molar-refractivity contribution is -0.130. The largest absolute Gasteiger partial charge is 0.497 e. The summed E-state index contributed by atoms with van der Waals surface area (Å²) in [6.07, 6.45) is 6.31. The maximum atomic E-state index is 13.4. The fourth-order valence-electron chi connectivity index (χ4n) is 3.47. The summed E-state index contributed by atoms with van der Waals surface area (Å²) in [5.41, 5.74) is 0.403. The van der Waals surface area contributed by atoms with Crippen LogP contribution in [-0.4, -0.2) is 36.6 Å². The third-order valence-electron chi connectivity index (χ3n) is 4.91. The van der Waals surface area contributed by atoms with Crippen molar-refractivity contribution in [3.05, 3.63) is 48.3 Å². The van der Waals surface area contributed by atoms with Crippen molar-refractivity contribution in [3.63, 3.8) is 0 Å². The first-order valence-corrected chi connectivity index (χ1v) is 9.29. The Morgan fingerprint density at radius 2 is 1.96 bits per heavy atom. The van der Waals surface area contributed by atoms with Crippen LogP contribution in [0.4, 0.5) is 5.69 Å². The van der Waals surface area contributed by atoms with E-state index >= 15 is 0 Å². The zero-order valence-electron chi connectivity index (χ0n) is 16.2. The lowest BCUT2D eigenvalue weighted by atomic mass is 9.86. The number of hydrogen-bond donors (Lipinski definition) is 2. The summed E-state index contributed by atoms with van der Waals surface area (Å²) >= 11 is 0. The fourth-order valence-corrected chi connectivity index (χ4v) is 3.47. The van der Waals surface area contributed by atoms with Crippen LogP contribution in [0.5, 0.6) is 11.5 Å². The smallest absolute Gasteiger partial charge is 0.250 e. The number of methoxy groups -OCH3 is 2. The van der Waals surface area contributed by atoms with Gasteiger partial charge in [-0.2, -0.15) is 0 Å². The van der Waals surface area contributed by atoms with Crippen molar-refractivity contribution in [2.75, 3.05) is 19.5 Å². The Morgan fingerprint density at radius 1 is 1.21 bits per heavy atom. The van der Waals surface area contributed by atoms with Crippen molar-refractivity contribution in [3.8, 4) is 11.5 Å². The molecule has 1 aromatic carbocycles. The van der Waals surface area contributed by atoms with Gasteiger partial charge in [0.05, 0.1) is 14.2 Å². The van der Waals surface area contributed by atoms with Crippen molar-refractivity contribution < 1.29 is 19.1 Å². The van der Waals surface area contributed by atoms with Gasteiger partial charge in [0.1, 0.15) is 17.0 Å². The molecule has 2 amide bonds. The highest BCUT2D eigenvalue weighted by Gasteiger charge is 2.41. The molecule has 2 N–H and O–H groups in total. The van der Waals surface area contributed by atoms with Gasteiger partial charge in [-0.05, 0) is 24.5 Å². The van der Waals surface area contributed by atoms with Gasteiger partial charge in [-0.25, -0.2) is 0 Å². The predicted molar refractivity (Wildman–Crippen MR) is 105 cm³/mol. The van der Waals surface area contributed by atoms with Gasteiger partial charge in [0.15, 0.2) is 0 Å². The monoisotopic (exact) mass is 383 g/mol. The van der Waals surface area contributed by atoms with Gasteiger partial charge in [0.25, 0.3) is 0 Å². The first-order chi connectivity index (χ1) is 13.5. The average Bonchev–Trinajstić information content (AvgIpc) is 2.90. The van der Waals surface area contributed by atoms with Crippen molar-refractivity contribution in [1.82, 2.24) is 10.3 Å². The van der Waals surface area contributed by atoms with Gasteiger partial charge in [0.2, 0.25) is 11.8 Å². The molecule has 2 heterocycles. The van der Waals surface area contributed by atoms with E-state index in [2.05, 4.69) is 15.6 Å². The number of nitrogens with zero attached hydrogens (tertiary/aromatic N) is 1. The van der Waals surface area contributed by atoms with E-state index in [1.165, 1.54) is 0 Å². The van der Waals surface area contributed by atoms with Crippen LogP contribution in [0.15, 0.2) is 42.7 Å². The molecule has 2 aromatic rings. The number of anilines is 1. The Morgan fingerprint density at radius 3 is 2.61 bits per heavy atom. The SMILES string of the molecule is COc1cc(NC(=O)C2(Cc3cccnc3)CCCCC(=O)N2)cc(OC)c1. The van der Waals surface area contributed by atoms with Crippen LogP contribution in [0.1, 0.15) is 31.2 Å². The van der Waals surface area contributed by atoms with Crippen molar-refractivity contribution in [1.29, 1.82) is 0 Å². The number of benzene rings is 1. The molecule has 1 atom stereocenters. The first kappa shape index (κ1) is 19.7. The number of ether oxygens (including phenoxy) is 2. The summed E-state index contributed by atoms with van der Waals surface area (Å²) in [5, 5.41) is 5.91. The Balaban J connectivity index is 1.91. The van der Waals surface area contributed by atoms with Crippen LogP contribution in [0.25, 0.3) is 0 Å². The topological polar surface area (TPSA) is 89.5 Å². The number of carbonyl (C=O) groups is 2. The molecule has 0 saturated carbocycles. The van der Waals surface area contributed by atoms with Gasteiger partial charge >= 0.3 is 0 Å². The minimum atomic E-state index is -1.03. The molecule has 1 aliphatic rings. The summed E-state index contributed by atoms with van der Waals surface area (Å²) in [7, 11) is 3.10. The standard InChI is InChI=1S/C21H25N3O4/c1-27-17-10-16(11-18(12-17)28-2)23-20(26)21(8-4-3-7-19(25)24-21)13-15-6-5-9-22-14-15/h5-6,9-12,14H,3-4,7-8,13H2,1-2H3,(H,23,26)(H,24,25). The van der Waals surface area contributed by atoms with E-state index in [9.17, 15) is 9.59 Å². The second-order valence-corrected chi connectivity index (χ2v) is 6.93. The van der Waals surface area contributed by atoms with E-state index in [0.717, 1.165) is 18.4 Å². The average molecular weight is 383 g/mol. The highest BCUT2D eigenvalue weighted by atomic mass is 16.5. The van der Waals surface area contributed by atoms with Crippen LogP contribution in [-0.2, 0) is 16.0 Å². The van der Waals surface area contributed by atoms with E-state index in [1.807, 2.05) is 12.1 Å². The summed E-state index contributed by atoms with van der Waals surface area (Å²) in [4.78, 5) is 29.8. The number of pyridine rings is 1. The molecule has 1 unspecified atom stereocenters. The third-order valence-corrected chi connectivity index (χ3v) is 4.91. The Hall–Kier alpha value is -3.09. The predicted octanol–water partition coefficient (Wildman–Crippen LogP) is 2.71. The molecule has 7 heteroatoms. The molecular weight excluding hydrogens is 358 g/mol. The molecule has 0 aliphatic carbocycles. The third kappa shape index (κ3) is 4.60. The van der Waals surface area contributed by atoms with Gasteiger partial charge in [0, 0.05) is 49.1 Å². The molecule has 28 heavy (non-hydrogen) atoms. The second kappa shape index (κ2) is 8.73. The molecule has 7 nitrogen and oxygen atoms in total. The molecule has 0 spiro atoms. The van der Waals surface area contributed by atoms with Gasteiger partial charge in [-0.15, -0.1) is 0 Å². The molecule has 0 radical (unpaired) electrons. The van der Waals surface area contributed by atoms with E-state index in [-0.39, 0.29) is 11.8 Å². The molecule has 0 bridgehead atoms. The summed E-state index contributed by atoms with van der Waals surface area (Å²) in [6, 6.07) is 8.90. The maximum absolute atomic E-state index is 13.4. The molecule has 3 rings (SSSR count). The fraction of sp³-hybridized carbons (Fsp3) is 0.381. The normalized spacial score (nSPS) is 19.3. The summed E-state index contributed by atoms with van der Waals surface area (Å²) in [6.45, 7) is 0. The highest BCUT2D eigenvalue weighted by molar-refractivity contribution is 6.01. The van der Waals surface area contributed by atoms with Crippen molar-refractivity contribution in [2.24, 2.45) is 0 Å². The van der Waals surface area contributed by atoms with Crippen LogP contribution in [0.3, 0.4) is 0 Å². The lowest BCUT2D eigenvalue weighted by Crippen LogP contribution is -2.57. The van der Waals surface area contributed by atoms with Crippen LogP contribution >= 0.6 is 0 Å². The molecule has 1 aromatic heterocycles. The minimum absolute atomic E-state index is 0.111. The van der Waals surface area contributed by atoms with Crippen LogP contribution < -0.4 is 20.1 Å². The van der Waals surface area contributed by atoms with Crippen molar-refractivity contribution >= 4 is 17.5 Å². The highest BCUT2D eigenvalue weighted by Crippen LogP contribution is 2.29. The Labute approximate surface area is 164 Å². The van der Waals surface area contributed by atoms with E-state index in [4.69, 9.17) is 9.47 Å². The second-order valence-electron chi connectivity index (χ2n) is 6.93. The number of aromatic nitrogens is 1. The van der Waals surface area contributed by atoms with E-state index in [1.54, 1.807) is 44.8 Å². The molecule has 1 saturated heterocycles. The first-order valence-electron chi connectivity index (χ1n) is 9.29. The minimum Gasteiger partial charge on any atom is -0.497 e. The number of hydrogen-bond acceptors (Lipinski definition) is 5. The molecule has 1 aliphatic heterocycles. The number of amides is 2. The molecular formula is C21H25N3O4. The number of rotatable bonds is 6. The zero-order valence-corrected chi connectivity index (χ0v) is 16.2. The Bertz CT molecular complexity index is 819. The van der Waals surface area contributed by atoms with Crippen LogP contribution in [0.2, 0.25) is 0 Å². The summed E-state index contributed by atoms with van der Waals surface area (Å²) in [5.74, 6) is 0.767. The van der Waals surface area contributed by atoms with Crippen molar-refractivity contribution in [2.45, 2.75) is 37.6 Å². The van der Waals surface area contributed by atoms with Gasteiger partial charge < -0.3 is 20.1 Å². The quantitative estimate of drug-likeness (QED) is 0.801.